The van der Waals surface area contributed by atoms with Crippen LogP contribution in [0.4, 0.5) is 17.6 Å². The van der Waals surface area contributed by atoms with Crippen LogP contribution in [0, 0.1) is 0 Å². The lowest BCUT2D eigenvalue weighted by Crippen LogP contribution is -2.47. The Hall–Kier alpha value is -2.53. The molecule has 0 unspecified atom stereocenters. The van der Waals surface area contributed by atoms with E-state index in [0.29, 0.717) is 0 Å². The third-order valence-electron chi connectivity index (χ3n) is 4.71. The highest BCUT2D eigenvalue weighted by Crippen LogP contribution is 2.41. The molecule has 0 saturated carbocycles. The molecule has 32 heavy (non-hydrogen) atoms. The maximum Gasteiger partial charge on any atom is 0.396 e. The van der Waals surface area contributed by atoms with Gasteiger partial charge in [0.15, 0.2) is 19.5 Å². The van der Waals surface area contributed by atoms with Crippen molar-refractivity contribution < 1.29 is 35.6 Å². The van der Waals surface area contributed by atoms with Crippen molar-refractivity contribution in [3.05, 3.63) is 72.8 Å². The molecule has 4 rings (SSSR count). The van der Waals surface area contributed by atoms with E-state index in [1.54, 1.807) is 0 Å². The van der Waals surface area contributed by atoms with Crippen LogP contribution in [0.5, 0.6) is 0 Å². The first kappa shape index (κ1) is 24.1. The quantitative estimate of drug-likeness (QED) is 0.226. The van der Waals surface area contributed by atoms with Gasteiger partial charge in [0.2, 0.25) is 0 Å². The molecule has 0 spiro atoms. The zero-order chi connectivity index (χ0) is 23.6. The summed E-state index contributed by atoms with van der Waals surface area (Å²) in [5.41, 5.74) is 2.64. The van der Waals surface area contributed by atoms with Gasteiger partial charge in [0, 0.05) is 18.4 Å². The van der Waals surface area contributed by atoms with E-state index >= 15 is 0 Å². The van der Waals surface area contributed by atoms with E-state index in [1.165, 1.54) is 42.6 Å². The Labute approximate surface area is 185 Å². The SMILES string of the molecule is O=S(=O)([O-])C(F)(F)C(F)(F)CCO.c1ccc(-c2cccc3[sH+]c4ccccc4c23)cc1. The fourth-order valence-corrected chi connectivity index (χ4v) is 4.86. The van der Waals surface area contributed by atoms with E-state index in [1.807, 2.05) is 0 Å². The molecule has 0 radical (unpaired) electrons. The lowest BCUT2D eigenvalue weighted by molar-refractivity contribution is -0.168. The Bertz CT molecular complexity index is 1320. The van der Waals surface area contributed by atoms with E-state index < -0.39 is 34.3 Å². The molecule has 3 aromatic carbocycles. The Morgan fingerprint density at radius 3 is 2.06 bits per heavy atom. The number of halogens is 4. The van der Waals surface area contributed by atoms with Gasteiger partial charge in [-0.05, 0) is 40.7 Å². The van der Waals surface area contributed by atoms with Crippen molar-refractivity contribution in [2.24, 2.45) is 0 Å². The van der Waals surface area contributed by atoms with Crippen LogP contribution in [0.3, 0.4) is 0 Å². The van der Waals surface area contributed by atoms with Crippen molar-refractivity contribution in [2.45, 2.75) is 17.6 Å². The Morgan fingerprint density at radius 2 is 1.44 bits per heavy atom. The van der Waals surface area contributed by atoms with Crippen LogP contribution in [0.2, 0.25) is 0 Å². The molecule has 1 heterocycles. The summed E-state index contributed by atoms with van der Waals surface area (Å²) in [7, 11) is -6.43. The van der Waals surface area contributed by atoms with Crippen LogP contribution in [0.15, 0.2) is 72.8 Å². The minimum Gasteiger partial charge on any atom is -0.743 e. The maximum absolute atomic E-state index is 12.2. The summed E-state index contributed by atoms with van der Waals surface area (Å²) < 4.78 is 80.6. The van der Waals surface area contributed by atoms with Gasteiger partial charge in [-0.2, -0.15) is 17.6 Å². The summed E-state index contributed by atoms with van der Waals surface area (Å²) in [6, 6.07) is 26.0. The predicted octanol–water partition coefficient (Wildman–Crippen LogP) is 5.60. The van der Waals surface area contributed by atoms with Crippen molar-refractivity contribution in [1.29, 1.82) is 0 Å². The summed E-state index contributed by atoms with van der Waals surface area (Å²) in [5, 5.41) is 5.02. The molecule has 0 saturated heterocycles. The van der Waals surface area contributed by atoms with Crippen molar-refractivity contribution in [3.8, 4) is 11.1 Å². The predicted molar refractivity (Wildman–Crippen MR) is 117 cm³/mol. The van der Waals surface area contributed by atoms with Crippen LogP contribution in [-0.2, 0) is 10.1 Å². The molecule has 0 bridgehead atoms. The molecule has 4 aromatic rings. The topological polar surface area (TPSA) is 77.4 Å². The molecule has 0 aliphatic heterocycles. The second-order valence-electron chi connectivity index (χ2n) is 6.84. The molecule has 0 atom stereocenters. The van der Waals surface area contributed by atoms with Crippen molar-refractivity contribution in [3.63, 3.8) is 0 Å². The van der Waals surface area contributed by atoms with Crippen LogP contribution in [0.1, 0.15) is 6.42 Å². The third kappa shape index (κ3) is 4.63. The molecule has 0 aliphatic carbocycles. The van der Waals surface area contributed by atoms with E-state index in [9.17, 15) is 30.5 Å². The van der Waals surface area contributed by atoms with Crippen LogP contribution in [0.25, 0.3) is 31.3 Å². The highest BCUT2D eigenvalue weighted by atomic mass is 32.2. The first-order valence-electron chi connectivity index (χ1n) is 9.31. The molecule has 4 nitrogen and oxygen atoms in total. The largest absolute Gasteiger partial charge is 0.743 e. The number of hydrogen-bond acceptors (Lipinski definition) is 4. The van der Waals surface area contributed by atoms with Crippen molar-refractivity contribution in [2.75, 3.05) is 6.61 Å². The van der Waals surface area contributed by atoms with E-state index in [-0.39, 0.29) is 0 Å². The number of benzene rings is 3. The summed E-state index contributed by atoms with van der Waals surface area (Å²) in [4.78, 5) is 0. The fourth-order valence-electron chi connectivity index (χ4n) is 3.16. The number of rotatable bonds is 5. The monoisotopic (exact) mass is 486 g/mol. The summed E-state index contributed by atoms with van der Waals surface area (Å²) in [6.45, 7) is -1.35. The minimum absolute atomic E-state index is 1.30. The normalized spacial score (nSPS) is 12.6. The van der Waals surface area contributed by atoms with Crippen molar-refractivity contribution in [1.82, 2.24) is 0 Å². The minimum atomic E-state index is -6.43. The molecular weight excluding hydrogens is 468 g/mol. The number of aliphatic hydroxyl groups excluding tert-OH is 1. The second-order valence-corrected chi connectivity index (χ2v) is 9.45. The highest BCUT2D eigenvalue weighted by molar-refractivity contribution is 7.86. The van der Waals surface area contributed by atoms with Gasteiger partial charge >= 0.3 is 11.2 Å². The molecule has 0 aliphatic rings. The van der Waals surface area contributed by atoms with Gasteiger partial charge in [-0.25, -0.2) is 8.42 Å². The van der Waals surface area contributed by atoms with E-state index in [0.717, 1.165) is 0 Å². The number of alkyl halides is 4. The lowest BCUT2D eigenvalue weighted by Gasteiger charge is -2.27. The first-order valence-corrected chi connectivity index (χ1v) is 11.6. The molecule has 0 amide bonds. The number of hydrogen-bond donors (Lipinski definition) is 1. The second kappa shape index (κ2) is 9.14. The first-order chi connectivity index (χ1) is 15.0. The Balaban J connectivity index is 0.000000198. The Morgan fingerprint density at radius 1 is 0.844 bits per heavy atom. The number of fused-ring (bicyclic) bond motifs is 3. The van der Waals surface area contributed by atoms with Gasteiger partial charge in [-0.3, -0.25) is 0 Å². The number of aliphatic hydroxyl groups is 1. The van der Waals surface area contributed by atoms with Crippen LogP contribution >= 0.6 is 11.3 Å². The zero-order valence-electron chi connectivity index (χ0n) is 16.4. The summed E-state index contributed by atoms with van der Waals surface area (Å²) >= 11 is 1.33. The van der Waals surface area contributed by atoms with Crippen LogP contribution < -0.4 is 0 Å². The summed E-state index contributed by atoms with van der Waals surface area (Å²) in [6.07, 6.45) is -1.79. The lowest BCUT2D eigenvalue weighted by atomic mass is 10.00. The van der Waals surface area contributed by atoms with Gasteiger partial charge in [0.05, 0.1) is 5.39 Å². The average molecular weight is 487 g/mol. The molecule has 170 valence electrons. The van der Waals surface area contributed by atoms with Gasteiger partial charge in [0.1, 0.15) is 0 Å². The maximum atomic E-state index is 12.2. The smallest absolute Gasteiger partial charge is 0.396 e. The van der Waals surface area contributed by atoms with E-state index in [4.69, 9.17) is 5.11 Å². The molecular formula is C22H18F4O4S2. The van der Waals surface area contributed by atoms with Gasteiger partial charge in [0.25, 0.3) is 0 Å². The van der Waals surface area contributed by atoms with Gasteiger partial charge < -0.3 is 9.66 Å². The molecule has 10 heteroatoms. The van der Waals surface area contributed by atoms with Gasteiger partial charge in [-0.15, -0.1) is 0 Å². The Kier molecular flexibility index (Phi) is 6.89. The fraction of sp³-hybridized carbons (Fsp3) is 0.182. The molecule has 1 N–H and O–H groups in total. The average Bonchev–Trinajstić information content (AvgIpc) is 3.13. The standard InChI is InChI=1S/C18H12S.C4H6F4O4S/c1-2-7-13(8-3-1)14-10-6-12-17-18(14)15-9-4-5-11-16(15)19-17;5-3(6,1-2-9)4(7,8)13(10,11)12/h1-12H;9H,1-2H2,(H,10,11,12). The highest BCUT2D eigenvalue weighted by Gasteiger charge is 2.60. The summed E-state index contributed by atoms with van der Waals surface area (Å²) in [5.74, 6) is -5.05. The number of thiophene rings is 1. The molecule has 1 aromatic heterocycles. The zero-order valence-corrected chi connectivity index (χ0v) is 18.1. The molecule has 0 fully saturated rings. The van der Waals surface area contributed by atoms with Gasteiger partial charge in [-0.1, -0.05) is 54.6 Å². The van der Waals surface area contributed by atoms with Crippen molar-refractivity contribution >= 4 is 41.6 Å². The van der Waals surface area contributed by atoms with Crippen LogP contribution in [-0.4, -0.2) is 35.9 Å². The third-order valence-corrected chi connectivity index (χ3v) is 6.88. The van der Waals surface area contributed by atoms with E-state index in [2.05, 4.69) is 72.8 Å².